The van der Waals surface area contributed by atoms with Gasteiger partial charge in [-0.05, 0) is 31.4 Å². The van der Waals surface area contributed by atoms with Crippen LogP contribution in [0.3, 0.4) is 0 Å². The largest absolute Gasteiger partial charge is 0.367 e. The summed E-state index contributed by atoms with van der Waals surface area (Å²) in [6.45, 7) is 0. The van der Waals surface area contributed by atoms with E-state index < -0.39 is 17.9 Å². The first-order chi connectivity index (χ1) is 15.4. The van der Waals surface area contributed by atoms with Crippen LogP contribution in [0.15, 0.2) is 30.7 Å². The highest BCUT2D eigenvalue weighted by atomic mass is 35.5. The van der Waals surface area contributed by atoms with Crippen molar-refractivity contribution in [2.75, 3.05) is 17.3 Å². The van der Waals surface area contributed by atoms with Gasteiger partial charge in [-0.2, -0.15) is 5.10 Å². The Labute approximate surface area is 186 Å². The third kappa shape index (κ3) is 3.02. The predicted molar refractivity (Wildman–Crippen MR) is 118 cm³/mol. The Kier molecular flexibility index (Phi) is 4.20. The summed E-state index contributed by atoms with van der Waals surface area (Å²) in [5, 5.41) is 10.5. The topological polar surface area (TPSA) is 78.3 Å². The van der Waals surface area contributed by atoms with E-state index in [0.717, 1.165) is 18.2 Å². The van der Waals surface area contributed by atoms with Gasteiger partial charge >= 0.3 is 0 Å². The molecular formula is C22H19ClF2N6O. The molecule has 0 aliphatic heterocycles. The molecule has 2 fully saturated rings. The van der Waals surface area contributed by atoms with E-state index >= 15 is 4.39 Å². The van der Waals surface area contributed by atoms with Gasteiger partial charge in [0, 0.05) is 35.8 Å². The number of rotatable bonds is 5. The molecule has 32 heavy (non-hydrogen) atoms. The molecule has 0 saturated heterocycles. The zero-order valence-electron chi connectivity index (χ0n) is 17.1. The number of pyridine rings is 1. The van der Waals surface area contributed by atoms with Crippen molar-refractivity contribution in [3.8, 4) is 11.1 Å². The number of imidazole rings is 1. The Hall–Kier alpha value is -3.20. The molecule has 6 rings (SSSR count). The summed E-state index contributed by atoms with van der Waals surface area (Å²) in [4.78, 5) is 18.3. The lowest BCUT2D eigenvalue weighted by Gasteiger charge is -2.22. The van der Waals surface area contributed by atoms with Gasteiger partial charge in [0.05, 0.1) is 28.9 Å². The fourth-order valence-corrected chi connectivity index (χ4v) is 4.51. The molecule has 2 aliphatic carbocycles. The Morgan fingerprint density at radius 2 is 2.12 bits per heavy atom. The van der Waals surface area contributed by atoms with Gasteiger partial charge in [0.2, 0.25) is 5.91 Å². The highest BCUT2D eigenvalue weighted by Crippen LogP contribution is 2.44. The number of nitrogens with one attached hydrogen (secondary N) is 2. The van der Waals surface area contributed by atoms with Crippen molar-refractivity contribution in [1.82, 2.24) is 19.6 Å². The molecule has 3 aromatic heterocycles. The van der Waals surface area contributed by atoms with Gasteiger partial charge in [0.25, 0.3) is 0 Å². The van der Waals surface area contributed by atoms with E-state index in [9.17, 15) is 9.18 Å². The summed E-state index contributed by atoms with van der Waals surface area (Å²) in [6.07, 6.45) is 6.27. The summed E-state index contributed by atoms with van der Waals surface area (Å²) in [5.74, 6) is -1.13. The minimum absolute atomic E-state index is 0.0251. The van der Waals surface area contributed by atoms with E-state index in [0.29, 0.717) is 39.8 Å². The van der Waals surface area contributed by atoms with Crippen molar-refractivity contribution in [1.29, 1.82) is 0 Å². The van der Waals surface area contributed by atoms with E-state index in [1.807, 2.05) is 11.9 Å². The van der Waals surface area contributed by atoms with Gasteiger partial charge in [-0.1, -0.05) is 11.6 Å². The molecule has 4 aromatic rings. The molecule has 7 nitrogen and oxygen atoms in total. The molecule has 0 spiro atoms. The first-order valence-corrected chi connectivity index (χ1v) is 10.8. The summed E-state index contributed by atoms with van der Waals surface area (Å²) in [6, 6.07) is 3.85. The van der Waals surface area contributed by atoms with Crippen LogP contribution in [0.1, 0.15) is 19.3 Å². The monoisotopic (exact) mass is 456 g/mol. The van der Waals surface area contributed by atoms with Crippen molar-refractivity contribution in [3.63, 3.8) is 0 Å². The number of aromatic amines is 1. The molecule has 2 atom stereocenters. The van der Waals surface area contributed by atoms with Crippen LogP contribution in [0.25, 0.3) is 27.7 Å². The maximum Gasteiger partial charge on any atom is 0.231 e. The van der Waals surface area contributed by atoms with Crippen LogP contribution < -0.4 is 10.2 Å². The first-order valence-electron chi connectivity index (χ1n) is 10.4. The number of fused-ring (bicyclic) bond motifs is 2. The third-order valence-electron chi connectivity index (χ3n) is 6.25. The maximum atomic E-state index is 15.4. The van der Waals surface area contributed by atoms with Crippen molar-refractivity contribution < 1.29 is 13.6 Å². The quantitative estimate of drug-likeness (QED) is 0.461. The van der Waals surface area contributed by atoms with Crippen molar-refractivity contribution in [2.45, 2.75) is 31.5 Å². The van der Waals surface area contributed by atoms with Crippen LogP contribution in [-0.2, 0) is 4.79 Å². The molecular weight excluding hydrogens is 438 g/mol. The van der Waals surface area contributed by atoms with Crippen LogP contribution >= 0.6 is 11.6 Å². The molecule has 10 heteroatoms. The number of H-pyrrole nitrogens is 1. The molecule has 0 bridgehead atoms. The van der Waals surface area contributed by atoms with Gasteiger partial charge in [-0.25, -0.2) is 13.8 Å². The Balaban J connectivity index is 1.42. The van der Waals surface area contributed by atoms with Crippen molar-refractivity contribution >= 4 is 45.6 Å². The van der Waals surface area contributed by atoms with E-state index in [1.165, 1.54) is 0 Å². The van der Waals surface area contributed by atoms with E-state index in [-0.39, 0.29) is 17.4 Å². The zero-order valence-corrected chi connectivity index (χ0v) is 17.8. The van der Waals surface area contributed by atoms with E-state index in [4.69, 9.17) is 11.6 Å². The van der Waals surface area contributed by atoms with Gasteiger partial charge in [0.1, 0.15) is 17.5 Å². The molecule has 2 aliphatic rings. The molecule has 2 saturated carbocycles. The van der Waals surface area contributed by atoms with Crippen LogP contribution in [0.2, 0.25) is 5.02 Å². The lowest BCUT2D eigenvalue weighted by molar-refractivity contribution is -0.117. The van der Waals surface area contributed by atoms with Gasteiger partial charge < -0.3 is 14.6 Å². The minimum Gasteiger partial charge on any atom is -0.367 e. The second-order valence-corrected chi connectivity index (χ2v) is 8.89. The number of hydrogen-bond donors (Lipinski definition) is 2. The summed E-state index contributed by atoms with van der Waals surface area (Å²) in [5.41, 5.74) is 2.81. The van der Waals surface area contributed by atoms with E-state index in [1.54, 1.807) is 35.1 Å². The number of carbonyl (C=O) groups excluding carboxylic acids is 1. The summed E-state index contributed by atoms with van der Waals surface area (Å²) < 4.78 is 30.3. The number of amides is 1. The molecule has 164 valence electrons. The Bertz CT molecular complexity index is 1390. The van der Waals surface area contributed by atoms with Crippen LogP contribution in [0.4, 0.5) is 20.3 Å². The predicted octanol–water partition coefficient (Wildman–Crippen LogP) is 4.57. The van der Waals surface area contributed by atoms with Gasteiger partial charge in [0.15, 0.2) is 11.6 Å². The number of aromatic nitrogens is 4. The number of alkyl halides is 1. The lowest BCUT2D eigenvalue weighted by Crippen LogP contribution is -2.21. The fraction of sp³-hybridized carbons (Fsp3) is 0.318. The lowest BCUT2D eigenvalue weighted by atomic mass is 10.0. The van der Waals surface area contributed by atoms with Gasteiger partial charge in [-0.3, -0.25) is 9.89 Å². The van der Waals surface area contributed by atoms with Crippen LogP contribution in [0.5, 0.6) is 0 Å². The normalized spacial score (nSPS) is 20.1. The average molecular weight is 457 g/mol. The molecule has 2 N–H and O–H groups in total. The summed E-state index contributed by atoms with van der Waals surface area (Å²) in [7, 11) is 1.87. The highest BCUT2D eigenvalue weighted by molar-refractivity contribution is 6.36. The Morgan fingerprint density at radius 3 is 2.84 bits per heavy atom. The standard InChI is InChI=1S/C22H19ClF2N6O/c1-30(11-3-4-11)21-19(25)18(23)17(13-7-26-29-20(13)21)10-2-5-16-27-15(9-31(16)8-10)28-22(32)12-6-14(12)24/h2,5,7-9,11-12,14H,3-4,6H2,1H3,(H,26,29)(H,28,32). The van der Waals surface area contributed by atoms with E-state index in [2.05, 4.69) is 20.5 Å². The molecule has 1 aromatic carbocycles. The number of halogens is 3. The van der Waals surface area contributed by atoms with Crippen LogP contribution in [-0.4, -0.2) is 44.8 Å². The average Bonchev–Trinajstić information content (AvgIpc) is 3.66. The number of benzene rings is 1. The fourth-order valence-electron chi connectivity index (χ4n) is 4.21. The second kappa shape index (κ2) is 6.90. The molecule has 1 amide bonds. The molecule has 2 unspecified atom stereocenters. The third-order valence-corrected chi connectivity index (χ3v) is 6.61. The Morgan fingerprint density at radius 1 is 1.34 bits per heavy atom. The number of carbonyl (C=O) groups is 1. The molecule has 3 heterocycles. The van der Waals surface area contributed by atoms with Crippen molar-refractivity contribution in [2.24, 2.45) is 5.92 Å². The number of hydrogen-bond acceptors (Lipinski definition) is 4. The van der Waals surface area contributed by atoms with Gasteiger partial charge in [-0.15, -0.1) is 0 Å². The SMILES string of the molecule is CN(c1c(F)c(Cl)c(-c2ccc3nc(NC(=O)C4CC4F)cn3c2)c2cn[nH]c12)C1CC1. The zero-order chi connectivity index (χ0) is 22.1. The number of anilines is 2. The smallest absolute Gasteiger partial charge is 0.231 e. The first kappa shape index (κ1) is 19.5. The number of nitrogens with zero attached hydrogens (tertiary/aromatic N) is 4. The molecule has 0 radical (unpaired) electrons. The highest BCUT2D eigenvalue weighted by Gasteiger charge is 2.43. The summed E-state index contributed by atoms with van der Waals surface area (Å²) >= 11 is 6.56. The minimum atomic E-state index is -1.07. The maximum absolute atomic E-state index is 15.4. The van der Waals surface area contributed by atoms with Crippen molar-refractivity contribution in [3.05, 3.63) is 41.6 Å². The second-order valence-electron chi connectivity index (χ2n) is 8.51. The van der Waals surface area contributed by atoms with Crippen LogP contribution in [0, 0.1) is 11.7 Å².